The van der Waals surface area contributed by atoms with E-state index in [-0.39, 0.29) is 6.54 Å². The molecule has 1 unspecified atom stereocenters. The van der Waals surface area contributed by atoms with E-state index in [0.29, 0.717) is 35.0 Å². The van der Waals surface area contributed by atoms with Gasteiger partial charge in [0.15, 0.2) is 5.76 Å². The molecule has 2 N–H and O–H groups in total. The zero-order valence-corrected chi connectivity index (χ0v) is 22.5. The molecule has 3 aromatic rings. The summed E-state index contributed by atoms with van der Waals surface area (Å²) in [7, 11) is 0. The number of carbonyl (C=O) groups is 2. The van der Waals surface area contributed by atoms with E-state index >= 15 is 0 Å². The highest BCUT2D eigenvalue weighted by atomic mass is 16.6. The van der Waals surface area contributed by atoms with Crippen molar-refractivity contribution < 1.29 is 24.0 Å². The molecule has 39 heavy (non-hydrogen) atoms. The monoisotopic (exact) mass is 531 g/mol. The fourth-order valence-corrected chi connectivity index (χ4v) is 5.08. The maximum Gasteiger partial charge on any atom is 0.407 e. The van der Waals surface area contributed by atoms with Crippen molar-refractivity contribution in [3.63, 3.8) is 0 Å². The smallest absolute Gasteiger partial charge is 0.407 e. The number of imidazole rings is 1. The summed E-state index contributed by atoms with van der Waals surface area (Å²) in [5.41, 5.74) is 1.68. The number of nitrogens with one attached hydrogen (secondary N) is 1. The van der Waals surface area contributed by atoms with Gasteiger partial charge in [0.25, 0.3) is 0 Å². The van der Waals surface area contributed by atoms with E-state index in [1.165, 1.54) is 0 Å². The summed E-state index contributed by atoms with van der Waals surface area (Å²) < 4.78 is 12.8. The molecule has 2 fully saturated rings. The van der Waals surface area contributed by atoms with E-state index in [0.717, 1.165) is 30.6 Å². The highest BCUT2D eigenvalue weighted by molar-refractivity contribution is 5.67. The largest absolute Gasteiger partial charge is 0.444 e. The molecule has 2 aromatic heterocycles. The minimum atomic E-state index is -0.816. The Morgan fingerprint density at radius 3 is 2.64 bits per heavy atom. The molecule has 5 atom stereocenters. The van der Waals surface area contributed by atoms with Gasteiger partial charge in [-0.1, -0.05) is 17.0 Å². The number of ether oxygens (including phenoxy) is 1. The molecule has 10 heteroatoms. The molecular weight excluding hydrogens is 498 g/mol. The number of aliphatic hydroxyl groups excluding tert-OH is 1. The number of alkyl carbamates (subject to hydrolysis) is 1. The zero-order valence-electron chi connectivity index (χ0n) is 22.5. The van der Waals surface area contributed by atoms with Gasteiger partial charge in [-0.15, -0.1) is 0 Å². The van der Waals surface area contributed by atoms with Crippen molar-refractivity contribution in [1.29, 1.82) is 0 Å². The molecule has 1 saturated heterocycles. The Morgan fingerprint density at radius 2 is 2.00 bits per heavy atom. The molecular formula is C29H33N5O5. The Balaban J connectivity index is 1.30. The first-order valence-corrected chi connectivity index (χ1v) is 13.1. The maximum absolute atomic E-state index is 12.3. The van der Waals surface area contributed by atoms with Gasteiger partial charge < -0.3 is 29.2 Å². The second-order valence-electron chi connectivity index (χ2n) is 11.1. The minimum Gasteiger partial charge on any atom is -0.444 e. The third kappa shape index (κ3) is 5.99. The average Bonchev–Trinajstić information content (AvgIpc) is 3.40. The molecule has 1 saturated carbocycles. The van der Waals surface area contributed by atoms with Gasteiger partial charge in [-0.2, -0.15) is 0 Å². The predicted molar refractivity (Wildman–Crippen MR) is 142 cm³/mol. The molecule has 0 bridgehead atoms. The van der Waals surface area contributed by atoms with Crippen LogP contribution in [0.25, 0.3) is 11.3 Å². The standard InChI is InChI=1S/C29H33N5O5/c1-18(36)27-30-11-12-34(27)25(14-31-28(37)38-29(2,3)4)24-13-26(39-32-24)20-8-5-19(6-9-20)7-10-21-22-15-33(17-35)16-23(21)22/h5-6,8-9,11-13,17-18,21-23,25,36H,14-16H2,1-4H3,(H,31,37)/t18-,21?,22-,23+,25+/m0/s1. The summed E-state index contributed by atoms with van der Waals surface area (Å²) in [6, 6.07) is 9.09. The summed E-state index contributed by atoms with van der Waals surface area (Å²) >= 11 is 0. The molecule has 0 radical (unpaired) electrons. The molecule has 0 spiro atoms. The van der Waals surface area contributed by atoms with E-state index in [4.69, 9.17) is 9.26 Å². The molecule has 1 aliphatic heterocycles. The Hall–Kier alpha value is -4.10. The van der Waals surface area contributed by atoms with Gasteiger partial charge in [0, 0.05) is 55.1 Å². The summed E-state index contributed by atoms with van der Waals surface area (Å²) in [5, 5.41) is 17.3. The van der Waals surface area contributed by atoms with Crippen molar-refractivity contribution in [3.8, 4) is 23.2 Å². The Labute approximate surface area is 227 Å². The summed E-state index contributed by atoms with van der Waals surface area (Å²) in [4.78, 5) is 29.3. The first kappa shape index (κ1) is 26.5. The number of amides is 2. The molecule has 2 aliphatic rings. The van der Waals surface area contributed by atoms with Crippen molar-refractivity contribution in [2.45, 2.75) is 45.4 Å². The number of likely N-dealkylation sites (tertiary alicyclic amines) is 1. The number of rotatable bonds is 7. The van der Waals surface area contributed by atoms with Crippen LogP contribution in [-0.2, 0) is 9.53 Å². The molecule has 204 valence electrons. The highest BCUT2D eigenvalue weighted by Gasteiger charge is 2.54. The Morgan fingerprint density at radius 1 is 1.28 bits per heavy atom. The van der Waals surface area contributed by atoms with Crippen LogP contribution in [-0.4, -0.2) is 62.5 Å². The van der Waals surface area contributed by atoms with Crippen LogP contribution in [0.2, 0.25) is 0 Å². The number of carbonyl (C=O) groups excluding carboxylic acids is 2. The number of piperidine rings is 1. The maximum atomic E-state index is 12.3. The molecule has 10 nitrogen and oxygen atoms in total. The van der Waals surface area contributed by atoms with Gasteiger partial charge in [-0.25, -0.2) is 9.78 Å². The van der Waals surface area contributed by atoms with E-state index in [2.05, 4.69) is 27.3 Å². The Bertz CT molecular complexity index is 1380. The fourth-order valence-electron chi connectivity index (χ4n) is 5.08. The van der Waals surface area contributed by atoms with Crippen LogP contribution in [0.4, 0.5) is 4.79 Å². The van der Waals surface area contributed by atoms with Gasteiger partial charge in [0.05, 0.1) is 6.04 Å². The first-order valence-electron chi connectivity index (χ1n) is 13.1. The SMILES string of the molecule is C[C@H](O)c1nccn1[C@H](CNC(=O)OC(C)(C)C)c1cc(-c2ccc(C#CC3[C@H]4CN(C=O)C[C@@H]34)cc2)on1. The molecule has 5 rings (SSSR count). The highest BCUT2D eigenvalue weighted by Crippen LogP contribution is 2.50. The van der Waals surface area contributed by atoms with Crippen LogP contribution in [0.5, 0.6) is 0 Å². The summed E-state index contributed by atoms with van der Waals surface area (Å²) in [5.74, 6) is 9.03. The van der Waals surface area contributed by atoms with Crippen molar-refractivity contribution in [2.24, 2.45) is 17.8 Å². The first-order chi connectivity index (χ1) is 18.6. The normalized spacial score (nSPS) is 21.4. The van der Waals surface area contributed by atoms with Gasteiger partial charge >= 0.3 is 6.09 Å². The summed E-state index contributed by atoms with van der Waals surface area (Å²) in [6.45, 7) is 8.80. The average molecular weight is 532 g/mol. The third-order valence-electron chi connectivity index (χ3n) is 7.04. The Kier molecular flexibility index (Phi) is 7.19. The van der Waals surface area contributed by atoms with Gasteiger partial charge in [0.2, 0.25) is 6.41 Å². The zero-order chi connectivity index (χ0) is 27.7. The third-order valence-corrected chi connectivity index (χ3v) is 7.04. The van der Waals surface area contributed by atoms with Gasteiger partial charge in [0.1, 0.15) is 23.2 Å². The molecule has 3 heterocycles. The fraction of sp³-hybridized carbons (Fsp3) is 0.448. The minimum absolute atomic E-state index is 0.152. The van der Waals surface area contributed by atoms with Gasteiger partial charge in [-0.3, -0.25) is 4.79 Å². The number of nitrogens with zero attached hydrogens (tertiary/aromatic N) is 4. The topological polar surface area (TPSA) is 123 Å². The van der Waals surface area contributed by atoms with Crippen molar-refractivity contribution in [3.05, 3.63) is 59.8 Å². The van der Waals surface area contributed by atoms with Gasteiger partial charge in [-0.05, 0) is 63.8 Å². The number of aromatic nitrogens is 3. The lowest BCUT2D eigenvalue weighted by Gasteiger charge is -2.23. The van der Waals surface area contributed by atoms with Crippen molar-refractivity contribution in [1.82, 2.24) is 24.9 Å². The van der Waals surface area contributed by atoms with Crippen LogP contribution in [0.1, 0.15) is 56.9 Å². The van der Waals surface area contributed by atoms with E-state index in [1.54, 1.807) is 44.7 Å². The van der Waals surface area contributed by atoms with E-state index in [9.17, 15) is 14.7 Å². The summed E-state index contributed by atoms with van der Waals surface area (Å²) in [6.07, 6.45) is 2.88. The number of fused-ring (bicyclic) bond motifs is 1. The molecule has 1 aromatic carbocycles. The number of aliphatic hydroxyl groups is 1. The lowest BCUT2D eigenvalue weighted by molar-refractivity contribution is -0.117. The van der Waals surface area contributed by atoms with Crippen LogP contribution in [0, 0.1) is 29.6 Å². The second-order valence-corrected chi connectivity index (χ2v) is 11.1. The van der Waals surface area contributed by atoms with Crippen molar-refractivity contribution >= 4 is 12.5 Å². The van der Waals surface area contributed by atoms with Crippen molar-refractivity contribution in [2.75, 3.05) is 19.6 Å². The second kappa shape index (κ2) is 10.6. The molecule has 1 aliphatic carbocycles. The number of hydrogen-bond donors (Lipinski definition) is 2. The van der Waals surface area contributed by atoms with E-state index in [1.807, 2.05) is 35.2 Å². The van der Waals surface area contributed by atoms with Crippen LogP contribution < -0.4 is 5.32 Å². The molecule has 2 amide bonds. The van der Waals surface area contributed by atoms with Crippen LogP contribution in [0.3, 0.4) is 0 Å². The lowest BCUT2D eigenvalue weighted by Crippen LogP contribution is -2.36. The number of hydrogen-bond acceptors (Lipinski definition) is 7. The lowest BCUT2D eigenvalue weighted by atomic mass is 10.1. The quantitative estimate of drug-likeness (QED) is 0.354. The van der Waals surface area contributed by atoms with Crippen LogP contribution in [0.15, 0.2) is 47.2 Å². The van der Waals surface area contributed by atoms with Crippen LogP contribution >= 0.6 is 0 Å². The predicted octanol–water partition coefficient (Wildman–Crippen LogP) is 3.39. The number of benzene rings is 1. The van der Waals surface area contributed by atoms with E-state index < -0.39 is 23.8 Å².